The van der Waals surface area contributed by atoms with E-state index in [4.69, 9.17) is 4.42 Å². The van der Waals surface area contributed by atoms with Crippen LogP contribution < -0.4 is 5.32 Å². The molecule has 2 heterocycles. The van der Waals surface area contributed by atoms with Crippen LogP contribution >= 0.6 is 11.3 Å². The summed E-state index contributed by atoms with van der Waals surface area (Å²) in [6.45, 7) is 3.22. The molecule has 106 valence electrons. The standard InChI is InChI=1S/C15H12N2O3S/c1-8-13(9(2)18)21-15(16-8)17-14(19)12-7-10-5-3-4-6-11(10)20-12/h3-7H,1-2H3,(H,16,17,19). The van der Waals surface area contributed by atoms with Crippen LogP contribution in [-0.2, 0) is 0 Å². The molecule has 0 saturated carbocycles. The van der Waals surface area contributed by atoms with Crippen LogP contribution in [0.3, 0.4) is 0 Å². The van der Waals surface area contributed by atoms with Gasteiger partial charge in [-0.3, -0.25) is 14.9 Å². The number of benzene rings is 1. The lowest BCUT2D eigenvalue weighted by molar-refractivity contribution is 0.0995. The number of rotatable bonds is 3. The minimum absolute atomic E-state index is 0.0609. The van der Waals surface area contributed by atoms with Gasteiger partial charge in [-0.05, 0) is 19.1 Å². The third-order valence-electron chi connectivity index (χ3n) is 2.99. The van der Waals surface area contributed by atoms with E-state index < -0.39 is 0 Å². The van der Waals surface area contributed by atoms with Crippen molar-refractivity contribution in [3.63, 3.8) is 0 Å². The van der Waals surface area contributed by atoms with Crippen molar-refractivity contribution < 1.29 is 14.0 Å². The fraction of sp³-hybridized carbons (Fsp3) is 0.133. The van der Waals surface area contributed by atoms with Gasteiger partial charge < -0.3 is 4.42 Å². The quantitative estimate of drug-likeness (QED) is 0.749. The summed E-state index contributed by atoms with van der Waals surface area (Å²) >= 11 is 1.16. The molecule has 0 aliphatic rings. The third-order valence-corrected chi connectivity index (χ3v) is 4.16. The zero-order chi connectivity index (χ0) is 15.0. The van der Waals surface area contributed by atoms with Crippen molar-refractivity contribution in [1.82, 2.24) is 4.98 Å². The van der Waals surface area contributed by atoms with Gasteiger partial charge in [-0.25, -0.2) is 4.98 Å². The maximum absolute atomic E-state index is 12.2. The first-order valence-corrected chi connectivity index (χ1v) is 7.14. The van der Waals surface area contributed by atoms with Crippen LogP contribution in [0.15, 0.2) is 34.7 Å². The van der Waals surface area contributed by atoms with Crippen LogP contribution in [-0.4, -0.2) is 16.7 Å². The number of fused-ring (bicyclic) bond motifs is 1. The van der Waals surface area contributed by atoms with Crippen molar-refractivity contribution in [2.75, 3.05) is 5.32 Å². The molecular weight excluding hydrogens is 288 g/mol. The van der Waals surface area contributed by atoms with Crippen molar-refractivity contribution in [3.8, 4) is 0 Å². The summed E-state index contributed by atoms with van der Waals surface area (Å²) in [5.74, 6) is -0.224. The first-order chi connectivity index (χ1) is 10.0. The molecule has 0 unspecified atom stereocenters. The SMILES string of the molecule is CC(=O)c1sc(NC(=O)c2cc3ccccc3o2)nc1C. The molecule has 3 rings (SSSR count). The molecule has 2 aromatic heterocycles. The molecule has 0 saturated heterocycles. The molecule has 1 amide bonds. The number of hydrogen-bond acceptors (Lipinski definition) is 5. The van der Waals surface area contributed by atoms with E-state index in [1.54, 1.807) is 19.1 Å². The second-order valence-corrected chi connectivity index (χ2v) is 5.59. The number of thiazole rings is 1. The Bertz CT molecular complexity index is 815. The van der Waals surface area contributed by atoms with Gasteiger partial charge in [0.05, 0.1) is 10.6 Å². The van der Waals surface area contributed by atoms with Crippen LogP contribution in [0.4, 0.5) is 5.13 Å². The average Bonchev–Trinajstić information content (AvgIpc) is 3.02. The van der Waals surface area contributed by atoms with Crippen molar-refractivity contribution in [3.05, 3.63) is 46.7 Å². The predicted octanol–water partition coefficient (Wildman–Crippen LogP) is 3.65. The van der Waals surface area contributed by atoms with Gasteiger partial charge >= 0.3 is 0 Å². The third kappa shape index (κ3) is 2.57. The number of nitrogens with one attached hydrogen (secondary N) is 1. The molecule has 3 aromatic rings. The summed E-state index contributed by atoms with van der Waals surface area (Å²) < 4.78 is 5.48. The molecule has 21 heavy (non-hydrogen) atoms. The number of nitrogens with zero attached hydrogens (tertiary/aromatic N) is 1. The zero-order valence-corrected chi connectivity index (χ0v) is 12.3. The first-order valence-electron chi connectivity index (χ1n) is 6.33. The number of ketones is 1. The molecule has 0 atom stereocenters. The molecule has 0 fully saturated rings. The molecule has 1 N–H and O–H groups in total. The topological polar surface area (TPSA) is 72.2 Å². The minimum Gasteiger partial charge on any atom is -0.451 e. The Kier molecular flexibility index (Phi) is 3.31. The molecular formula is C15H12N2O3S. The highest BCUT2D eigenvalue weighted by Gasteiger charge is 2.16. The van der Waals surface area contributed by atoms with E-state index >= 15 is 0 Å². The summed E-state index contributed by atoms with van der Waals surface area (Å²) in [5.41, 5.74) is 1.27. The van der Waals surface area contributed by atoms with Crippen molar-refractivity contribution in [2.24, 2.45) is 0 Å². The molecule has 0 spiro atoms. The maximum Gasteiger partial charge on any atom is 0.293 e. The normalized spacial score (nSPS) is 10.8. The van der Waals surface area contributed by atoms with E-state index in [1.165, 1.54) is 6.92 Å². The van der Waals surface area contributed by atoms with Crippen molar-refractivity contribution >= 4 is 39.1 Å². The van der Waals surface area contributed by atoms with Gasteiger partial charge in [-0.15, -0.1) is 0 Å². The van der Waals surface area contributed by atoms with Gasteiger partial charge in [0, 0.05) is 12.3 Å². The largest absolute Gasteiger partial charge is 0.451 e. The van der Waals surface area contributed by atoms with Crippen molar-refractivity contribution in [2.45, 2.75) is 13.8 Å². The highest BCUT2D eigenvalue weighted by molar-refractivity contribution is 7.17. The van der Waals surface area contributed by atoms with Gasteiger partial charge in [0.15, 0.2) is 16.7 Å². The zero-order valence-electron chi connectivity index (χ0n) is 11.5. The van der Waals surface area contributed by atoms with Crippen LogP contribution in [0.25, 0.3) is 11.0 Å². The Balaban J connectivity index is 1.86. The number of carbonyl (C=O) groups is 2. The summed E-state index contributed by atoms with van der Waals surface area (Å²) in [4.78, 5) is 28.3. The molecule has 0 radical (unpaired) electrons. The van der Waals surface area contributed by atoms with E-state index in [0.717, 1.165) is 16.7 Å². The number of anilines is 1. The lowest BCUT2D eigenvalue weighted by Crippen LogP contribution is -2.10. The fourth-order valence-corrected chi connectivity index (χ4v) is 2.89. The van der Waals surface area contributed by atoms with E-state index in [1.807, 2.05) is 18.2 Å². The molecule has 1 aromatic carbocycles. The summed E-state index contributed by atoms with van der Waals surface area (Å²) in [6, 6.07) is 9.07. The summed E-state index contributed by atoms with van der Waals surface area (Å²) in [7, 11) is 0. The second kappa shape index (κ2) is 5.14. The predicted molar refractivity (Wildman–Crippen MR) is 81.0 cm³/mol. The van der Waals surface area contributed by atoms with Gasteiger partial charge in [-0.1, -0.05) is 29.5 Å². The van der Waals surface area contributed by atoms with E-state index in [0.29, 0.717) is 21.3 Å². The van der Waals surface area contributed by atoms with Crippen LogP contribution in [0, 0.1) is 6.92 Å². The lowest BCUT2D eigenvalue weighted by Gasteiger charge is -1.96. The van der Waals surface area contributed by atoms with Gasteiger partial charge in [0.1, 0.15) is 5.58 Å². The summed E-state index contributed by atoms with van der Waals surface area (Å²) in [6.07, 6.45) is 0. The minimum atomic E-state index is -0.380. The Labute approximate surface area is 124 Å². The van der Waals surface area contributed by atoms with E-state index in [-0.39, 0.29) is 17.5 Å². The number of furan rings is 1. The smallest absolute Gasteiger partial charge is 0.293 e. The number of aryl methyl sites for hydroxylation is 1. The molecule has 6 heteroatoms. The number of hydrogen-bond donors (Lipinski definition) is 1. The average molecular weight is 300 g/mol. The highest BCUT2D eigenvalue weighted by Crippen LogP contribution is 2.24. The second-order valence-electron chi connectivity index (χ2n) is 4.59. The monoisotopic (exact) mass is 300 g/mol. The van der Waals surface area contributed by atoms with E-state index in [2.05, 4.69) is 10.3 Å². The van der Waals surface area contributed by atoms with Crippen LogP contribution in [0.1, 0.15) is 32.8 Å². The van der Waals surface area contributed by atoms with Gasteiger partial charge in [0.2, 0.25) is 0 Å². The number of Topliss-reactive ketones (excluding diaryl/α,β-unsaturated/α-hetero) is 1. The Morgan fingerprint density at radius 1 is 1.29 bits per heavy atom. The van der Waals surface area contributed by atoms with Gasteiger partial charge in [-0.2, -0.15) is 0 Å². The number of amides is 1. The Hall–Kier alpha value is -2.47. The summed E-state index contributed by atoms with van der Waals surface area (Å²) in [5, 5.41) is 3.91. The van der Waals surface area contributed by atoms with Crippen LogP contribution in [0.2, 0.25) is 0 Å². The fourth-order valence-electron chi connectivity index (χ4n) is 2.03. The maximum atomic E-state index is 12.2. The highest BCUT2D eigenvalue weighted by atomic mass is 32.1. The first kappa shape index (κ1) is 13.5. The lowest BCUT2D eigenvalue weighted by atomic mass is 10.2. The number of para-hydroxylation sites is 1. The molecule has 0 aliphatic carbocycles. The van der Waals surface area contributed by atoms with E-state index in [9.17, 15) is 9.59 Å². The Morgan fingerprint density at radius 3 is 2.71 bits per heavy atom. The number of aromatic nitrogens is 1. The molecule has 0 aliphatic heterocycles. The van der Waals surface area contributed by atoms with Gasteiger partial charge in [0.25, 0.3) is 5.91 Å². The van der Waals surface area contributed by atoms with Crippen LogP contribution in [0.5, 0.6) is 0 Å². The number of carbonyl (C=O) groups excluding carboxylic acids is 2. The Morgan fingerprint density at radius 2 is 2.05 bits per heavy atom. The van der Waals surface area contributed by atoms with Crippen molar-refractivity contribution in [1.29, 1.82) is 0 Å². The molecule has 0 bridgehead atoms. The molecule has 5 nitrogen and oxygen atoms in total.